The van der Waals surface area contributed by atoms with Crippen molar-refractivity contribution < 1.29 is 20.1 Å². The molecule has 0 amide bonds. The summed E-state index contributed by atoms with van der Waals surface area (Å²) < 4.78 is 7.82. The summed E-state index contributed by atoms with van der Waals surface area (Å²) >= 11 is 0.0707. The third-order valence-electron chi connectivity index (χ3n) is 3.68. The van der Waals surface area contributed by atoms with E-state index in [1.807, 2.05) is 5.82 Å². The normalized spacial score (nSPS) is 28.1. The summed E-state index contributed by atoms with van der Waals surface area (Å²) in [5.41, 5.74) is 0.868. The fourth-order valence-electron chi connectivity index (χ4n) is 2.60. The number of nitrogens with zero attached hydrogens (tertiary/aromatic N) is 4. The monoisotopic (exact) mass is 370 g/mol. The van der Waals surface area contributed by atoms with Gasteiger partial charge in [-0.2, -0.15) is 0 Å². The van der Waals surface area contributed by atoms with E-state index in [1.165, 1.54) is 17.1 Å². The van der Waals surface area contributed by atoms with Gasteiger partial charge in [0.1, 0.15) is 0 Å². The fraction of sp³-hybridized carbons (Fsp3) is 0.462. The summed E-state index contributed by atoms with van der Waals surface area (Å²) in [4.78, 5) is 8.39. The molecule has 0 unspecified atom stereocenters. The average Bonchev–Trinajstić information content (AvgIpc) is 3.06. The number of fused-ring (bicyclic) bond motifs is 1. The molecule has 1 aliphatic rings. The zero-order valence-corrected chi connectivity index (χ0v) is 13.3. The number of aliphatic hydroxyl groups is 3. The number of rotatable bonds is 3. The molecule has 9 heteroatoms. The van der Waals surface area contributed by atoms with Gasteiger partial charge in [-0.3, -0.25) is 0 Å². The molecule has 22 heavy (non-hydrogen) atoms. The molecule has 3 heterocycles. The molecule has 1 saturated heterocycles. The Morgan fingerprint density at radius 2 is 2.18 bits per heavy atom. The first-order valence-electron chi connectivity index (χ1n) is 6.54. The van der Waals surface area contributed by atoms with E-state index in [9.17, 15) is 20.6 Å². The van der Waals surface area contributed by atoms with Crippen LogP contribution >= 0.6 is 0 Å². The minimum absolute atomic E-state index is 0.0707. The van der Waals surface area contributed by atoms with Gasteiger partial charge in [0.25, 0.3) is 0 Å². The topological polar surface area (TPSA) is 124 Å². The Bertz CT molecular complexity index is 743. The predicted octanol–water partition coefficient (Wildman–Crippen LogP) is -1.71. The first kappa shape index (κ1) is 15.4. The number of aromatic nitrogens is 3. The number of hydrogen-bond acceptors (Lipinski definition) is 7. The van der Waals surface area contributed by atoms with Crippen molar-refractivity contribution in [1.29, 1.82) is 5.26 Å². The Labute approximate surface area is 132 Å². The van der Waals surface area contributed by atoms with Gasteiger partial charge in [0.05, 0.1) is 0 Å². The van der Waals surface area contributed by atoms with Crippen molar-refractivity contribution in [2.45, 2.75) is 30.4 Å². The van der Waals surface area contributed by atoms with Gasteiger partial charge in [0, 0.05) is 0 Å². The van der Waals surface area contributed by atoms with Crippen LogP contribution in [-0.4, -0.2) is 69.7 Å². The minimum atomic E-state index is -1.22. The van der Waals surface area contributed by atoms with Gasteiger partial charge in [-0.15, -0.1) is 0 Å². The standard InChI is InChI=1S/C13H14N4O4Se/c1-22-12-8-6(2-14)3-17(11(8)15-5-16-12)13-10(20)9(19)7(4-18)21-13/h3,5,7,9-10,13,18-20H,4H2,1H3/t7-,9-,10-,13-/m1/s1. The average molecular weight is 369 g/mol. The van der Waals surface area contributed by atoms with Gasteiger partial charge in [0.2, 0.25) is 0 Å². The van der Waals surface area contributed by atoms with Gasteiger partial charge in [-0.25, -0.2) is 0 Å². The van der Waals surface area contributed by atoms with E-state index in [4.69, 9.17) is 4.74 Å². The molecule has 2 aromatic rings. The van der Waals surface area contributed by atoms with Crippen LogP contribution in [-0.2, 0) is 4.74 Å². The van der Waals surface area contributed by atoms with Crippen LogP contribution in [0.3, 0.4) is 0 Å². The number of hydrogen-bond donors (Lipinski definition) is 3. The Hall–Kier alpha value is -1.53. The predicted molar refractivity (Wildman–Crippen MR) is 76.5 cm³/mol. The second-order valence-electron chi connectivity index (χ2n) is 4.87. The van der Waals surface area contributed by atoms with E-state index in [2.05, 4.69) is 16.0 Å². The van der Waals surface area contributed by atoms with Crippen LogP contribution in [0.2, 0.25) is 5.82 Å². The van der Waals surface area contributed by atoms with Crippen molar-refractivity contribution in [1.82, 2.24) is 14.5 Å². The van der Waals surface area contributed by atoms with Gasteiger partial charge in [-0.1, -0.05) is 0 Å². The summed E-state index contributed by atoms with van der Waals surface area (Å²) in [7, 11) is 0. The first-order chi connectivity index (χ1) is 10.6. The molecule has 0 radical (unpaired) electrons. The summed E-state index contributed by atoms with van der Waals surface area (Å²) in [6, 6.07) is 2.10. The summed E-state index contributed by atoms with van der Waals surface area (Å²) in [5.74, 6) is 1.99. The van der Waals surface area contributed by atoms with Crippen LogP contribution in [0, 0.1) is 11.3 Å². The Morgan fingerprint density at radius 3 is 2.77 bits per heavy atom. The van der Waals surface area contributed by atoms with E-state index < -0.39 is 31.1 Å². The van der Waals surface area contributed by atoms with Crippen LogP contribution in [0.25, 0.3) is 11.0 Å². The molecule has 0 spiro atoms. The van der Waals surface area contributed by atoms with Crippen molar-refractivity contribution in [2.24, 2.45) is 0 Å². The Balaban J connectivity index is 2.15. The molecule has 0 saturated carbocycles. The van der Waals surface area contributed by atoms with Crippen LogP contribution in [0.4, 0.5) is 0 Å². The maximum absolute atomic E-state index is 10.2. The van der Waals surface area contributed by atoms with Crippen LogP contribution in [0.1, 0.15) is 11.8 Å². The van der Waals surface area contributed by atoms with Crippen LogP contribution in [0.5, 0.6) is 0 Å². The van der Waals surface area contributed by atoms with Crippen LogP contribution < -0.4 is 4.59 Å². The van der Waals surface area contributed by atoms with Crippen molar-refractivity contribution in [3.8, 4) is 6.07 Å². The number of nitriles is 1. The van der Waals surface area contributed by atoms with E-state index in [-0.39, 0.29) is 15.0 Å². The van der Waals surface area contributed by atoms with Gasteiger partial charge in [0.15, 0.2) is 0 Å². The molecule has 3 N–H and O–H groups in total. The Kier molecular flexibility index (Phi) is 4.14. The van der Waals surface area contributed by atoms with Crippen molar-refractivity contribution in [3.05, 3.63) is 18.1 Å². The summed E-state index contributed by atoms with van der Waals surface area (Å²) in [6.07, 6.45) is -1.26. The molecular weight excluding hydrogens is 355 g/mol. The second kappa shape index (κ2) is 5.93. The zero-order valence-electron chi connectivity index (χ0n) is 11.6. The molecule has 4 atom stereocenters. The molecule has 0 aromatic carbocycles. The molecule has 0 aliphatic carbocycles. The third-order valence-corrected chi connectivity index (χ3v) is 5.14. The van der Waals surface area contributed by atoms with Crippen molar-refractivity contribution in [3.63, 3.8) is 0 Å². The van der Waals surface area contributed by atoms with E-state index in [0.717, 1.165) is 4.59 Å². The zero-order chi connectivity index (χ0) is 15.9. The summed E-state index contributed by atoms with van der Waals surface area (Å²) in [5, 5.41) is 39.2. The molecule has 1 fully saturated rings. The van der Waals surface area contributed by atoms with E-state index in [0.29, 0.717) is 16.6 Å². The fourth-order valence-corrected chi connectivity index (χ4v) is 3.77. The molecule has 1 aliphatic heterocycles. The summed E-state index contributed by atoms with van der Waals surface area (Å²) in [6.45, 7) is -0.405. The first-order valence-corrected chi connectivity index (χ1v) is 9.11. The maximum atomic E-state index is 10.2. The third kappa shape index (κ3) is 2.21. The second-order valence-corrected chi connectivity index (χ2v) is 6.54. The molecular formula is C13H14N4O4Se. The van der Waals surface area contributed by atoms with Gasteiger partial charge >= 0.3 is 132 Å². The van der Waals surface area contributed by atoms with E-state index >= 15 is 0 Å². The van der Waals surface area contributed by atoms with Crippen molar-refractivity contribution in [2.75, 3.05) is 6.61 Å². The van der Waals surface area contributed by atoms with Crippen LogP contribution in [0.15, 0.2) is 12.5 Å². The molecule has 8 nitrogen and oxygen atoms in total. The number of ether oxygens (including phenoxy) is 1. The van der Waals surface area contributed by atoms with Gasteiger partial charge < -0.3 is 0 Å². The SMILES string of the molecule is C[Se]c1ncnc2c1c(C#N)cn2[C@@H]1O[C@H](CO)[C@@H](O)[C@H]1O. The molecule has 2 aromatic heterocycles. The van der Waals surface area contributed by atoms with E-state index in [1.54, 1.807) is 0 Å². The molecule has 116 valence electrons. The van der Waals surface area contributed by atoms with Gasteiger partial charge in [-0.05, 0) is 0 Å². The molecule has 3 rings (SSSR count). The van der Waals surface area contributed by atoms with Crippen molar-refractivity contribution >= 4 is 30.6 Å². The Morgan fingerprint density at radius 1 is 1.41 bits per heavy atom. The number of aliphatic hydroxyl groups excluding tert-OH is 3. The quantitative estimate of drug-likeness (QED) is 0.551. The molecule has 0 bridgehead atoms.